The number of aromatic nitrogens is 3. The van der Waals surface area contributed by atoms with Gasteiger partial charge in [-0.15, -0.1) is 11.3 Å². The maximum atomic E-state index is 4.77. The molecule has 0 atom stereocenters. The van der Waals surface area contributed by atoms with E-state index in [1.807, 2.05) is 13.1 Å². The van der Waals surface area contributed by atoms with Gasteiger partial charge in [-0.2, -0.15) is 0 Å². The van der Waals surface area contributed by atoms with Gasteiger partial charge in [-0.05, 0) is 0 Å². The second-order valence-corrected chi connectivity index (χ2v) is 8.57. The summed E-state index contributed by atoms with van der Waals surface area (Å²) >= 11 is 1.60. The second kappa shape index (κ2) is 6.43. The van der Waals surface area contributed by atoms with Crippen molar-refractivity contribution >= 4 is 22.3 Å². The molecule has 2 aromatic heterocycles. The van der Waals surface area contributed by atoms with Crippen molar-refractivity contribution in [2.24, 2.45) is 0 Å². The van der Waals surface area contributed by atoms with Crippen LogP contribution < -0.4 is 10.6 Å². The number of anilines is 2. The van der Waals surface area contributed by atoms with Crippen LogP contribution in [0.4, 0.5) is 10.9 Å². The Morgan fingerprint density at radius 1 is 1.00 bits per heavy atom. The summed E-state index contributed by atoms with van der Waals surface area (Å²) in [4.78, 5) is 14.0. The molecule has 0 unspecified atom stereocenters. The van der Waals surface area contributed by atoms with E-state index in [4.69, 9.17) is 9.97 Å². The fraction of sp³-hybridized carbons (Fsp3) is 0.588. The zero-order chi connectivity index (χ0) is 17.3. The summed E-state index contributed by atoms with van der Waals surface area (Å²) in [7, 11) is 1.88. The number of hydrogen-bond acceptors (Lipinski definition) is 6. The normalized spacial score (nSPS) is 12.3. The third-order valence-electron chi connectivity index (χ3n) is 3.38. The summed E-state index contributed by atoms with van der Waals surface area (Å²) in [5.41, 5.74) is 1.96. The van der Waals surface area contributed by atoms with Gasteiger partial charge in [-0.3, -0.25) is 0 Å². The van der Waals surface area contributed by atoms with E-state index < -0.39 is 0 Å². The number of nitrogens with zero attached hydrogens (tertiary/aromatic N) is 3. The first-order valence-electron chi connectivity index (χ1n) is 7.85. The highest BCUT2D eigenvalue weighted by Gasteiger charge is 2.23. The molecule has 2 rings (SSSR count). The predicted octanol–water partition coefficient (Wildman–Crippen LogP) is 4.18. The number of rotatable bonds is 4. The zero-order valence-electron chi connectivity index (χ0n) is 15.1. The first kappa shape index (κ1) is 17.7. The van der Waals surface area contributed by atoms with Crippen molar-refractivity contribution < 1.29 is 0 Å². The molecular weight excluding hydrogens is 306 g/mol. The van der Waals surface area contributed by atoms with Gasteiger partial charge in [0.05, 0.1) is 17.9 Å². The van der Waals surface area contributed by atoms with Crippen molar-refractivity contribution in [1.29, 1.82) is 0 Å². The van der Waals surface area contributed by atoms with Crippen molar-refractivity contribution in [3.05, 3.63) is 28.7 Å². The minimum atomic E-state index is -0.0857. The highest BCUT2D eigenvalue weighted by Crippen LogP contribution is 2.27. The van der Waals surface area contributed by atoms with E-state index in [-0.39, 0.29) is 10.8 Å². The van der Waals surface area contributed by atoms with Gasteiger partial charge in [-0.1, -0.05) is 41.5 Å². The third-order valence-corrected chi connectivity index (χ3v) is 4.29. The van der Waals surface area contributed by atoms with Gasteiger partial charge < -0.3 is 10.6 Å². The molecule has 126 valence electrons. The van der Waals surface area contributed by atoms with E-state index in [0.717, 1.165) is 28.2 Å². The average Bonchev–Trinajstić information content (AvgIpc) is 2.91. The van der Waals surface area contributed by atoms with Crippen LogP contribution in [0, 0.1) is 0 Å². The summed E-state index contributed by atoms with van der Waals surface area (Å²) in [5, 5.41) is 9.42. The van der Waals surface area contributed by atoms with Crippen molar-refractivity contribution in [1.82, 2.24) is 15.0 Å². The molecule has 2 heterocycles. The lowest BCUT2D eigenvalue weighted by atomic mass is 9.90. The molecule has 0 saturated heterocycles. The van der Waals surface area contributed by atoms with Crippen LogP contribution in [-0.4, -0.2) is 22.0 Å². The average molecular weight is 334 g/mol. The molecule has 2 N–H and O–H groups in total. The Morgan fingerprint density at radius 2 is 1.70 bits per heavy atom. The Labute approximate surface area is 143 Å². The topological polar surface area (TPSA) is 62.7 Å². The molecule has 0 aliphatic carbocycles. The first-order chi connectivity index (χ1) is 10.6. The lowest BCUT2D eigenvalue weighted by molar-refractivity contribution is 0.514. The van der Waals surface area contributed by atoms with Crippen LogP contribution in [0.25, 0.3) is 0 Å². The van der Waals surface area contributed by atoms with Crippen molar-refractivity contribution in [3.63, 3.8) is 0 Å². The Hall–Kier alpha value is -1.69. The van der Waals surface area contributed by atoms with Gasteiger partial charge in [-0.25, -0.2) is 15.0 Å². The summed E-state index contributed by atoms with van der Waals surface area (Å²) in [6.07, 6.45) is 0. The van der Waals surface area contributed by atoms with Gasteiger partial charge in [0.1, 0.15) is 11.6 Å². The number of thiazole rings is 1. The lowest BCUT2D eigenvalue weighted by Gasteiger charge is -2.24. The Bertz CT molecular complexity index is 632. The molecule has 0 aliphatic heterocycles. The molecule has 0 saturated carbocycles. The fourth-order valence-corrected chi connectivity index (χ4v) is 2.61. The molecular formula is C17H27N5S. The molecule has 0 radical (unpaired) electrons. The zero-order valence-corrected chi connectivity index (χ0v) is 15.9. The van der Waals surface area contributed by atoms with Crippen molar-refractivity contribution in [2.75, 3.05) is 17.7 Å². The molecule has 0 aliphatic rings. The van der Waals surface area contributed by atoms with Crippen molar-refractivity contribution in [2.45, 2.75) is 58.9 Å². The van der Waals surface area contributed by atoms with Gasteiger partial charge in [0.25, 0.3) is 0 Å². The first-order valence-corrected chi connectivity index (χ1v) is 8.73. The van der Waals surface area contributed by atoms with E-state index in [1.165, 1.54) is 0 Å². The van der Waals surface area contributed by atoms with E-state index in [1.54, 1.807) is 11.3 Å². The van der Waals surface area contributed by atoms with Crippen LogP contribution >= 0.6 is 11.3 Å². The van der Waals surface area contributed by atoms with Gasteiger partial charge >= 0.3 is 0 Å². The van der Waals surface area contributed by atoms with E-state index in [0.29, 0.717) is 6.54 Å². The minimum Gasteiger partial charge on any atom is -0.365 e. The van der Waals surface area contributed by atoms with Crippen LogP contribution in [0.2, 0.25) is 0 Å². The maximum Gasteiger partial charge on any atom is 0.182 e. The SMILES string of the molecule is CNc1nc(CNc2cc(C(C)(C)C)nc(C(C)(C)C)n2)cs1. The van der Waals surface area contributed by atoms with E-state index in [9.17, 15) is 0 Å². The fourth-order valence-electron chi connectivity index (χ4n) is 1.94. The van der Waals surface area contributed by atoms with Gasteiger partial charge in [0.2, 0.25) is 0 Å². The molecule has 0 bridgehead atoms. The summed E-state index contributed by atoms with van der Waals surface area (Å²) in [6.45, 7) is 13.6. The smallest absolute Gasteiger partial charge is 0.182 e. The lowest BCUT2D eigenvalue weighted by Crippen LogP contribution is -2.22. The molecule has 0 aromatic carbocycles. The Balaban J connectivity index is 2.26. The van der Waals surface area contributed by atoms with Crippen LogP contribution in [-0.2, 0) is 17.4 Å². The monoisotopic (exact) mass is 333 g/mol. The highest BCUT2D eigenvalue weighted by molar-refractivity contribution is 7.13. The molecule has 0 spiro atoms. The molecule has 23 heavy (non-hydrogen) atoms. The van der Waals surface area contributed by atoms with Gasteiger partial charge in [0.15, 0.2) is 5.13 Å². The maximum absolute atomic E-state index is 4.77. The quantitative estimate of drug-likeness (QED) is 0.879. The summed E-state index contributed by atoms with van der Waals surface area (Å²) < 4.78 is 0. The molecule has 0 fully saturated rings. The van der Waals surface area contributed by atoms with E-state index >= 15 is 0 Å². The van der Waals surface area contributed by atoms with Crippen LogP contribution in [0.5, 0.6) is 0 Å². The minimum absolute atomic E-state index is 0.0146. The second-order valence-electron chi connectivity index (χ2n) is 7.71. The molecule has 0 amide bonds. The van der Waals surface area contributed by atoms with Crippen LogP contribution in [0.3, 0.4) is 0 Å². The standard InChI is InChI=1S/C17H27N5S/c1-16(2,3)12-8-13(22-14(21-12)17(4,5)6)19-9-11-10-23-15(18-7)20-11/h8,10H,9H2,1-7H3,(H,18,20)(H,19,21,22). The third kappa shape index (κ3) is 4.64. The largest absolute Gasteiger partial charge is 0.365 e. The molecule has 2 aromatic rings. The number of nitrogens with one attached hydrogen (secondary N) is 2. The predicted molar refractivity (Wildman–Crippen MR) is 98.4 cm³/mol. The molecule has 6 heteroatoms. The number of hydrogen-bond donors (Lipinski definition) is 2. The Kier molecular flexibility index (Phi) is 4.94. The van der Waals surface area contributed by atoms with Crippen LogP contribution in [0.15, 0.2) is 11.4 Å². The van der Waals surface area contributed by atoms with Crippen LogP contribution in [0.1, 0.15) is 58.8 Å². The summed E-state index contributed by atoms with van der Waals surface area (Å²) in [6, 6.07) is 2.04. The Morgan fingerprint density at radius 3 is 2.22 bits per heavy atom. The van der Waals surface area contributed by atoms with Crippen molar-refractivity contribution in [3.8, 4) is 0 Å². The highest BCUT2D eigenvalue weighted by atomic mass is 32.1. The summed E-state index contributed by atoms with van der Waals surface area (Å²) in [5.74, 6) is 1.72. The van der Waals surface area contributed by atoms with Gasteiger partial charge in [0, 0.05) is 29.3 Å². The van der Waals surface area contributed by atoms with E-state index in [2.05, 4.69) is 62.5 Å². The molecule has 5 nitrogen and oxygen atoms in total.